The number of H-pyrrole nitrogens is 1. The number of fused-ring (bicyclic) bond motifs is 2. The maximum absolute atomic E-state index is 12.9. The van der Waals surface area contributed by atoms with Gasteiger partial charge in [-0.05, 0) is 23.8 Å². The van der Waals surface area contributed by atoms with E-state index >= 15 is 0 Å². The molecule has 168 valence electrons. The SMILES string of the molecule is COC[C@H](NC(=O)c1cc2c(=O)[nH]c(-c3ccc4c(c3)OCCO4)cn2n1)c1ccccc1. The van der Waals surface area contributed by atoms with Gasteiger partial charge in [-0.1, -0.05) is 30.3 Å². The number of carbonyl (C=O) groups excluding carboxylic acids is 1. The van der Waals surface area contributed by atoms with Crippen molar-refractivity contribution in [2.45, 2.75) is 6.04 Å². The zero-order valence-electron chi connectivity index (χ0n) is 17.9. The minimum atomic E-state index is -0.398. The first kappa shape index (κ1) is 20.8. The molecule has 5 rings (SSSR count). The van der Waals surface area contributed by atoms with Crippen molar-refractivity contribution in [1.82, 2.24) is 19.9 Å². The molecule has 0 bridgehead atoms. The first-order valence-corrected chi connectivity index (χ1v) is 10.5. The Morgan fingerprint density at radius 2 is 1.94 bits per heavy atom. The fourth-order valence-electron chi connectivity index (χ4n) is 3.78. The van der Waals surface area contributed by atoms with E-state index in [-0.39, 0.29) is 22.8 Å². The van der Waals surface area contributed by atoms with Gasteiger partial charge in [0.15, 0.2) is 17.2 Å². The van der Waals surface area contributed by atoms with E-state index in [0.29, 0.717) is 37.0 Å². The highest BCUT2D eigenvalue weighted by Gasteiger charge is 2.20. The number of aromatic amines is 1. The van der Waals surface area contributed by atoms with E-state index in [0.717, 1.165) is 11.1 Å². The minimum Gasteiger partial charge on any atom is -0.486 e. The molecule has 0 unspecified atom stereocenters. The smallest absolute Gasteiger partial charge is 0.274 e. The Morgan fingerprint density at radius 1 is 1.15 bits per heavy atom. The number of hydrogen-bond acceptors (Lipinski definition) is 6. The molecule has 2 aromatic carbocycles. The summed E-state index contributed by atoms with van der Waals surface area (Å²) in [6.07, 6.45) is 1.67. The van der Waals surface area contributed by atoms with Crippen molar-refractivity contribution in [2.75, 3.05) is 26.9 Å². The zero-order valence-corrected chi connectivity index (χ0v) is 17.9. The van der Waals surface area contributed by atoms with Gasteiger partial charge < -0.3 is 24.5 Å². The van der Waals surface area contributed by atoms with Crippen molar-refractivity contribution < 1.29 is 19.0 Å². The van der Waals surface area contributed by atoms with Gasteiger partial charge in [-0.25, -0.2) is 4.52 Å². The van der Waals surface area contributed by atoms with Gasteiger partial charge in [0.25, 0.3) is 11.5 Å². The molecule has 33 heavy (non-hydrogen) atoms. The number of benzene rings is 2. The highest BCUT2D eigenvalue weighted by molar-refractivity contribution is 5.93. The van der Waals surface area contributed by atoms with Gasteiger partial charge in [0.2, 0.25) is 0 Å². The van der Waals surface area contributed by atoms with Gasteiger partial charge in [0.1, 0.15) is 18.7 Å². The molecule has 2 aromatic heterocycles. The van der Waals surface area contributed by atoms with Crippen molar-refractivity contribution in [1.29, 1.82) is 0 Å². The molecule has 4 aromatic rings. The normalized spacial score (nSPS) is 13.6. The summed E-state index contributed by atoms with van der Waals surface area (Å²) >= 11 is 0. The standard InChI is InChI=1S/C24H22N4O5/c1-31-14-19(15-5-3-2-4-6-15)26-23(29)17-12-20-24(30)25-18(13-28(20)27-17)16-7-8-21-22(11-16)33-10-9-32-21/h2-8,11-13,19H,9-10,14H2,1H3,(H,25,30)(H,26,29)/t19-/m0/s1. The maximum Gasteiger partial charge on any atom is 0.274 e. The third kappa shape index (κ3) is 4.18. The number of amides is 1. The molecule has 9 nitrogen and oxygen atoms in total. The quantitative estimate of drug-likeness (QED) is 0.472. The predicted molar refractivity (Wildman–Crippen MR) is 121 cm³/mol. The summed E-state index contributed by atoms with van der Waals surface area (Å²) in [5.41, 5.74) is 2.24. The molecule has 0 saturated carbocycles. The van der Waals surface area contributed by atoms with E-state index in [1.165, 1.54) is 10.6 Å². The average molecular weight is 446 g/mol. The minimum absolute atomic E-state index is 0.136. The molecule has 9 heteroatoms. The first-order valence-electron chi connectivity index (χ1n) is 10.5. The van der Waals surface area contributed by atoms with E-state index in [1.807, 2.05) is 36.4 Å². The predicted octanol–water partition coefficient (Wildman–Crippen LogP) is 2.58. The Bertz CT molecular complexity index is 1360. The highest BCUT2D eigenvalue weighted by Crippen LogP contribution is 2.33. The third-order valence-corrected chi connectivity index (χ3v) is 5.39. The number of carbonyl (C=O) groups is 1. The molecule has 0 saturated heterocycles. The van der Waals surface area contributed by atoms with Crippen molar-refractivity contribution in [3.63, 3.8) is 0 Å². The number of aromatic nitrogens is 3. The molecule has 1 aliphatic heterocycles. The van der Waals surface area contributed by atoms with Crippen LogP contribution in [0.1, 0.15) is 22.1 Å². The molecule has 1 amide bonds. The summed E-state index contributed by atoms with van der Waals surface area (Å²) in [6, 6.07) is 16.1. The monoisotopic (exact) mass is 446 g/mol. The topological polar surface area (TPSA) is 107 Å². The van der Waals surface area contributed by atoms with Crippen LogP contribution in [0.5, 0.6) is 11.5 Å². The van der Waals surface area contributed by atoms with E-state index in [1.54, 1.807) is 25.4 Å². The second-order valence-electron chi connectivity index (χ2n) is 7.61. The van der Waals surface area contributed by atoms with Crippen LogP contribution in [0.3, 0.4) is 0 Å². The largest absolute Gasteiger partial charge is 0.486 e. The molecule has 0 spiro atoms. The molecular weight excluding hydrogens is 424 g/mol. The van der Waals surface area contributed by atoms with E-state index in [9.17, 15) is 9.59 Å². The molecule has 0 radical (unpaired) electrons. The number of rotatable bonds is 6. The molecule has 0 fully saturated rings. The van der Waals surface area contributed by atoms with Crippen molar-refractivity contribution in [3.05, 3.63) is 82.4 Å². The van der Waals surface area contributed by atoms with Crippen molar-refractivity contribution >= 4 is 11.4 Å². The number of ether oxygens (including phenoxy) is 3. The molecule has 1 atom stereocenters. The second kappa shape index (κ2) is 8.79. The van der Waals surface area contributed by atoms with E-state index in [4.69, 9.17) is 14.2 Å². The Balaban J connectivity index is 1.44. The number of nitrogens with zero attached hydrogens (tertiary/aromatic N) is 2. The van der Waals surface area contributed by atoms with E-state index in [2.05, 4.69) is 15.4 Å². The van der Waals surface area contributed by atoms with Crippen LogP contribution < -0.4 is 20.3 Å². The van der Waals surface area contributed by atoms with Gasteiger partial charge in [0.05, 0.1) is 24.5 Å². The summed E-state index contributed by atoms with van der Waals surface area (Å²) in [7, 11) is 1.58. The third-order valence-electron chi connectivity index (χ3n) is 5.39. The first-order chi connectivity index (χ1) is 16.1. The Morgan fingerprint density at radius 3 is 2.73 bits per heavy atom. The van der Waals surface area contributed by atoms with Crippen LogP contribution in [0.4, 0.5) is 0 Å². The lowest BCUT2D eigenvalue weighted by Gasteiger charge is -2.18. The van der Waals surface area contributed by atoms with Crippen LogP contribution in [0.25, 0.3) is 16.8 Å². The lowest BCUT2D eigenvalue weighted by molar-refractivity contribution is 0.0891. The molecule has 2 N–H and O–H groups in total. The molecular formula is C24H22N4O5. The summed E-state index contributed by atoms with van der Waals surface area (Å²) in [5.74, 6) is 0.880. The molecule has 3 heterocycles. The van der Waals surface area contributed by atoms with Crippen LogP contribution in [0.15, 0.2) is 65.6 Å². The van der Waals surface area contributed by atoms with Gasteiger partial charge in [0, 0.05) is 18.7 Å². The summed E-state index contributed by atoms with van der Waals surface area (Å²) in [4.78, 5) is 28.5. The second-order valence-corrected chi connectivity index (χ2v) is 7.61. The number of methoxy groups -OCH3 is 1. The summed E-state index contributed by atoms with van der Waals surface area (Å²) < 4.78 is 17.9. The highest BCUT2D eigenvalue weighted by atomic mass is 16.6. The Labute approximate surface area is 188 Å². The van der Waals surface area contributed by atoms with Gasteiger partial charge in [-0.2, -0.15) is 5.10 Å². The Kier molecular flexibility index (Phi) is 5.54. The summed E-state index contributed by atoms with van der Waals surface area (Å²) in [6.45, 7) is 1.28. The van der Waals surface area contributed by atoms with Crippen LogP contribution in [0, 0.1) is 0 Å². The van der Waals surface area contributed by atoms with Crippen LogP contribution in [-0.2, 0) is 4.74 Å². The lowest BCUT2D eigenvalue weighted by Crippen LogP contribution is -2.31. The fraction of sp³-hybridized carbons (Fsp3) is 0.208. The van der Waals surface area contributed by atoms with Crippen molar-refractivity contribution in [2.24, 2.45) is 0 Å². The van der Waals surface area contributed by atoms with Crippen LogP contribution in [-0.4, -0.2) is 47.4 Å². The van der Waals surface area contributed by atoms with Crippen LogP contribution in [0.2, 0.25) is 0 Å². The van der Waals surface area contributed by atoms with Crippen LogP contribution >= 0.6 is 0 Å². The van der Waals surface area contributed by atoms with Gasteiger partial charge in [-0.15, -0.1) is 0 Å². The van der Waals surface area contributed by atoms with E-state index < -0.39 is 5.91 Å². The maximum atomic E-state index is 12.9. The van der Waals surface area contributed by atoms with Crippen molar-refractivity contribution in [3.8, 4) is 22.8 Å². The Hall–Kier alpha value is -4.11. The summed E-state index contributed by atoms with van der Waals surface area (Å²) in [5, 5.41) is 7.27. The molecule has 0 aliphatic carbocycles. The average Bonchev–Trinajstić information content (AvgIpc) is 3.29. The fourth-order valence-corrected chi connectivity index (χ4v) is 3.78. The number of hydrogen-bond donors (Lipinski definition) is 2. The number of nitrogens with one attached hydrogen (secondary N) is 2. The zero-order chi connectivity index (χ0) is 22.8. The van der Waals surface area contributed by atoms with Gasteiger partial charge >= 0.3 is 0 Å². The molecule has 1 aliphatic rings. The van der Waals surface area contributed by atoms with Gasteiger partial charge in [-0.3, -0.25) is 9.59 Å². The lowest BCUT2D eigenvalue weighted by atomic mass is 10.1.